The van der Waals surface area contributed by atoms with Crippen molar-refractivity contribution in [3.05, 3.63) is 60.1 Å². The number of hydrogen-bond donors (Lipinski definition) is 1. The number of benzene rings is 1. The summed E-state index contributed by atoms with van der Waals surface area (Å²) < 4.78 is 53.2. The van der Waals surface area contributed by atoms with E-state index in [1.54, 1.807) is 11.0 Å². The summed E-state index contributed by atoms with van der Waals surface area (Å²) in [4.78, 5) is 23.8. The second-order valence-electron chi connectivity index (χ2n) is 8.64. The fourth-order valence-corrected chi connectivity index (χ4v) is 4.86. The highest BCUT2D eigenvalue weighted by Gasteiger charge is 2.51. The Morgan fingerprint density at radius 2 is 1.88 bits per heavy atom. The lowest BCUT2D eigenvalue weighted by Gasteiger charge is -2.57. The van der Waals surface area contributed by atoms with Gasteiger partial charge in [0.25, 0.3) is 5.91 Å². The molecule has 2 aromatic heterocycles. The van der Waals surface area contributed by atoms with Gasteiger partial charge in [-0.2, -0.15) is 28.2 Å². The molecule has 12 heteroatoms. The molecular weight excluding hydrogens is 454 g/mol. The van der Waals surface area contributed by atoms with Gasteiger partial charge in [-0.05, 0) is 36.8 Å². The number of aromatic nitrogens is 5. The van der Waals surface area contributed by atoms with Gasteiger partial charge in [0.2, 0.25) is 0 Å². The summed E-state index contributed by atoms with van der Waals surface area (Å²) in [5.74, 6) is -0.451. The Labute approximate surface area is 192 Å². The molecule has 1 aromatic carbocycles. The predicted molar refractivity (Wildman–Crippen MR) is 112 cm³/mol. The van der Waals surface area contributed by atoms with Crippen molar-refractivity contribution in [1.82, 2.24) is 29.9 Å². The van der Waals surface area contributed by atoms with Crippen molar-refractivity contribution in [2.45, 2.75) is 38.0 Å². The van der Waals surface area contributed by atoms with Crippen LogP contribution in [0, 0.1) is 17.7 Å². The lowest BCUT2D eigenvalue weighted by atomic mass is 9.64. The fraction of sp³-hybridized carbons (Fsp3) is 0.409. The zero-order chi connectivity index (χ0) is 24.0. The van der Waals surface area contributed by atoms with E-state index in [-0.39, 0.29) is 41.6 Å². The predicted octanol–water partition coefficient (Wildman–Crippen LogP) is 3.57. The van der Waals surface area contributed by atoms with Gasteiger partial charge in [-0.25, -0.2) is 14.4 Å². The molecular formula is C22H21F4N7O. The van der Waals surface area contributed by atoms with E-state index in [0.29, 0.717) is 12.1 Å². The first-order valence-electron chi connectivity index (χ1n) is 10.8. The molecule has 2 atom stereocenters. The molecule has 1 aliphatic carbocycles. The molecule has 0 radical (unpaired) electrons. The molecule has 0 spiro atoms. The molecule has 6 rings (SSSR count). The first-order valence-corrected chi connectivity index (χ1v) is 10.8. The maximum atomic E-state index is 15.0. The quantitative estimate of drug-likeness (QED) is 0.568. The Morgan fingerprint density at radius 1 is 1.15 bits per heavy atom. The number of rotatable bonds is 5. The number of halogens is 4. The van der Waals surface area contributed by atoms with E-state index in [1.165, 1.54) is 29.3 Å². The van der Waals surface area contributed by atoms with Crippen molar-refractivity contribution in [3.63, 3.8) is 0 Å². The van der Waals surface area contributed by atoms with E-state index in [1.807, 2.05) is 6.92 Å². The normalized spacial score (nSPS) is 24.0. The van der Waals surface area contributed by atoms with Crippen LogP contribution in [0.15, 0.2) is 43.0 Å². The number of fused-ring (bicyclic) bond motifs is 2. The third kappa shape index (κ3) is 3.86. The molecule has 1 N–H and O–H groups in total. The van der Waals surface area contributed by atoms with Gasteiger partial charge in [-0.1, -0.05) is 13.0 Å². The van der Waals surface area contributed by atoms with E-state index >= 15 is 0 Å². The number of nitrogens with zero attached hydrogens (tertiary/aromatic N) is 6. The molecule has 2 saturated heterocycles. The van der Waals surface area contributed by atoms with E-state index in [0.717, 1.165) is 19.0 Å². The minimum absolute atomic E-state index is 0.0442. The van der Waals surface area contributed by atoms with Crippen molar-refractivity contribution in [2.24, 2.45) is 11.8 Å². The van der Waals surface area contributed by atoms with Crippen LogP contribution >= 0.6 is 0 Å². The van der Waals surface area contributed by atoms with Crippen molar-refractivity contribution >= 4 is 11.7 Å². The first-order chi connectivity index (χ1) is 16.2. The SMILES string of the molecule is C[C@@H]1C2CC(C2)N(C(=O)c2c(F)cccc2-n2nccn2)[C@@H]1CNc1cnc(C(F)(F)F)cn1. The number of alkyl halides is 3. The van der Waals surface area contributed by atoms with Gasteiger partial charge in [0.15, 0.2) is 5.69 Å². The smallest absolute Gasteiger partial charge is 0.367 e. The summed E-state index contributed by atoms with van der Waals surface area (Å²) >= 11 is 0. The van der Waals surface area contributed by atoms with Gasteiger partial charge in [-0.3, -0.25) is 4.79 Å². The van der Waals surface area contributed by atoms with Gasteiger partial charge < -0.3 is 10.2 Å². The highest BCUT2D eigenvalue weighted by molar-refractivity contribution is 5.98. The Hall–Kier alpha value is -3.57. The third-order valence-electron chi connectivity index (χ3n) is 6.76. The number of nitrogens with one attached hydrogen (secondary N) is 1. The average Bonchev–Trinajstić information content (AvgIpc) is 3.31. The minimum atomic E-state index is -4.57. The van der Waals surface area contributed by atoms with Crippen LogP contribution in [0.2, 0.25) is 0 Å². The second kappa shape index (κ2) is 8.33. The van der Waals surface area contributed by atoms with E-state index in [4.69, 9.17) is 0 Å². The summed E-state index contributed by atoms with van der Waals surface area (Å²) in [6, 6.07) is 3.94. The monoisotopic (exact) mass is 475 g/mol. The summed E-state index contributed by atoms with van der Waals surface area (Å²) in [7, 11) is 0. The molecule has 1 saturated carbocycles. The molecule has 8 nitrogen and oxygen atoms in total. The molecule has 1 amide bonds. The topological polar surface area (TPSA) is 88.8 Å². The van der Waals surface area contributed by atoms with Crippen LogP contribution in [0.3, 0.4) is 0 Å². The molecule has 178 valence electrons. The Bertz CT molecular complexity index is 1180. The number of carbonyl (C=O) groups excluding carboxylic acids is 1. The van der Waals surface area contributed by atoms with Crippen molar-refractivity contribution in [2.75, 3.05) is 11.9 Å². The molecule has 3 aliphatic rings. The van der Waals surface area contributed by atoms with Crippen LogP contribution < -0.4 is 5.32 Å². The number of carbonyl (C=O) groups is 1. The van der Waals surface area contributed by atoms with E-state index in [2.05, 4.69) is 25.5 Å². The van der Waals surface area contributed by atoms with Gasteiger partial charge in [0, 0.05) is 12.6 Å². The molecule has 3 fully saturated rings. The molecule has 2 aliphatic heterocycles. The highest BCUT2D eigenvalue weighted by Crippen LogP contribution is 2.47. The maximum absolute atomic E-state index is 15.0. The molecule has 4 heterocycles. The van der Waals surface area contributed by atoms with Gasteiger partial charge in [-0.15, -0.1) is 0 Å². The van der Waals surface area contributed by atoms with E-state index < -0.39 is 23.6 Å². The summed E-state index contributed by atoms with van der Waals surface area (Å²) in [5, 5.41) is 11.1. The van der Waals surface area contributed by atoms with Gasteiger partial charge in [0.05, 0.1) is 30.8 Å². The van der Waals surface area contributed by atoms with Crippen LogP contribution in [0.4, 0.5) is 23.4 Å². The number of piperidine rings is 2. The first kappa shape index (κ1) is 22.2. The molecule has 0 unspecified atom stereocenters. The van der Waals surface area contributed by atoms with Crippen LogP contribution in [-0.2, 0) is 6.18 Å². The molecule has 34 heavy (non-hydrogen) atoms. The van der Waals surface area contributed by atoms with Crippen molar-refractivity contribution in [1.29, 1.82) is 0 Å². The Balaban J connectivity index is 1.41. The van der Waals surface area contributed by atoms with Gasteiger partial charge in [0.1, 0.15) is 22.9 Å². The Morgan fingerprint density at radius 3 is 2.53 bits per heavy atom. The average molecular weight is 475 g/mol. The summed E-state index contributed by atoms with van der Waals surface area (Å²) in [6.45, 7) is 2.27. The lowest BCUT2D eigenvalue weighted by molar-refractivity contribution is -0.141. The zero-order valence-corrected chi connectivity index (χ0v) is 18.1. The number of hydrogen-bond acceptors (Lipinski definition) is 6. The van der Waals surface area contributed by atoms with Crippen molar-refractivity contribution < 1.29 is 22.4 Å². The summed E-state index contributed by atoms with van der Waals surface area (Å²) in [5.41, 5.74) is -0.957. The largest absolute Gasteiger partial charge is 0.434 e. The highest BCUT2D eigenvalue weighted by atomic mass is 19.4. The van der Waals surface area contributed by atoms with Crippen LogP contribution in [0.25, 0.3) is 5.69 Å². The Kier molecular flexibility index (Phi) is 5.45. The maximum Gasteiger partial charge on any atom is 0.434 e. The lowest BCUT2D eigenvalue weighted by Crippen LogP contribution is -2.64. The molecule has 2 bridgehead atoms. The fourth-order valence-electron chi connectivity index (χ4n) is 4.86. The van der Waals surface area contributed by atoms with Crippen LogP contribution in [0.1, 0.15) is 35.8 Å². The third-order valence-corrected chi connectivity index (χ3v) is 6.76. The van der Waals surface area contributed by atoms with Crippen LogP contribution in [0.5, 0.6) is 0 Å². The standard InChI is InChI=1S/C22H21F4N7O/c1-12-13-7-14(8-13)32(17(12)9-28-19-11-27-18(10-29-19)22(24,25)26)21(34)20-15(23)3-2-4-16(20)33-30-5-6-31-33/h2-6,10-14,17H,7-9H2,1H3,(H,28,29)/t12-,13?,14?,17-/m1/s1. The zero-order valence-electron chi connectivity index (χ0n) is 18.1. The van der Waals surface area contributed by atoms with Crippen LogP contribution in [-0.4, -0.2) is 54.4 Å². The van der Waals surface area contributed by atoms with E-state index in [9.17, 15) is 22.4 Å². The second-order valence-corrected chi connectivity index (χ2v) is 8.64. The number of anilines is 1. The number of amides is 1. The van der Waals surface area contributed by atoms with Crippen molar-refractivity contribution in [3.8, 4) is 5.69 Å². The van der Waals surface area contributed by atoms with Gasteiger partial charge >= 0.3 is 6.18 Å². The molecule has 3 aromatic rings. The minimum Gasteiger partial charge on any atom is -0.367 e. The summed E-state index contributed by atoms with van der Waals surface area (Å²) in [6.07, 6.45) is 1.64.